The topological polar surface area (TPSA) is 81.2 Å². The minimum absolute atomic E-state index is 0.324. The molecule has 0 atom stereocenters. The summed E-state index contributed by atoms with van der Waals surface area (Å²) < 4.78 is 25.7. The van der Waals surface area contributed by atoms with Crippen LogP contribution in [0.1, 0.15) is 5.69 Å². The number of aromatic nitrogens is 2. The Morgan fingerprint density at radius 1 is 1.50 bits per heavy atom. The highest BCUT2D eigenvalue weighted by atomic mass is 32.2. The lowest BCUT2D eigenvalue weighted by Gasteiger charge is -2.25. The number of nitrogens with two attached hydrogens (primary N) is 1. The van der Waals surface area contributed by atoms with Gasteiger partial charge in [-0.2, -0.15) is 9.40 Å². The number of hydrogen-bond donors (Lipinski definition) is 1. The van der Waals surface area contributed by atoms with Crippen molar-refractivity contribution in [3.8, 4) is 0 Å². The maximum absolute atomic E-state index is 11.3. The maximum Gasteiger partial charge on any atom is 0.211 e. The second-order valence-corrected chi connectivity index (χ2v) is 5.35. The van der Waals surface area contributed by atoms with Crippen molar-refractivity contribution in [3.05, 3.63) is 11.9 Å². The lowest BCUT2D eigenvalue weighted by Crippen LogP contribution is -2.37. The summed E-state index contributed by atoms with van der Waals surface area (Å²) in [6.07, 6.45) is 2.76. The zero-order chi connectivity index (χ0) is 10.3. The lowest BCUT2D eigenvalue weighted by molar-refractivity contribution is 0.329. The largest absolute Gasteiger partial charge is 0.396 e. The van der Waals surface area contributed by atoms with Crippen molar-refractivity contribution in [1.29, 1.82) is 0 Å². The summed E-state index contributed by atoms with van der Waals surface area (Å²) in [6, 6.07) is 0. The van der Waals surface area contributed by atoms with E-state index in [1.807, 2.05) is 0 Å². The van der Waals surface area contributed by atoms with E-state index in [1.165, 1.54) is 10.6 Å². The van der Waals surface area contributed by atoms with Gasteiger partial charge in [0.2, 0.25) is 10.0 Å². The second-order valence-electron chi connectivity index (χ2n) is 3.37. The molecule has 0 spiro atoms. The van der Waals surface area contributed by atoms with Gasteiger partial charge in [0.1, 0.15) is 0 Å². The average Bonchev–Trinajstić information content (AvgIpc) is 2.46. The van der Waals surface area contributed by atoms with E-state index in [0.717, 1.165) is 5.69 Å². The molecule has 6 nitrogen and oxygen atoms in total. The molecule has 7 heteroatoms. The van der Waals surface area contributed by atoms with E-state index in [2.05, 4.69) is 5.10 Å². The highest BCUT2D eigenvalue weighted by Gasteiger charge is 2.24. The van der Waals surface area contributed by atoms with E-state index >= 15 is 0 Å². The molecule has 2 rings (SSSR count). The molecule has 0 amide bonds. The van der Waals surface area contributed by atoms with Gasteiger partial charge in [-0.15, -0.1) is 0 Å². The minimum atomic E-state index is -3.13. The van der Waals surface area contributed by atoms with Gasteiger partial charge in [0, 0.05) is 6.54 Å². The Hall–Kier alpha value is -1.08. The Morgan fingerprint density at radius 3 is 2.86 bits per heavy atom. The van der Waals surface area contributed by atoms with Gasteiger partial charge in [0.15, 0.2) is 0 Å². The van der Waals surface area contributed by atoms with E-state index in [0.29, 0.717) is 25.3 Å². The third-order valence-electron chi connectivity index (χ3n) is 2.34. The highest BCUT2D eigenvalue weighted by Crippen LogP contribution is 2.19. The van der Waals surface area contributed by atoms with Crippen molar-refractivity contribution in [2.45, 2.75) is 13.1 Å². The van der Waals surface area contributed by atoms with Gasteiger partial charge in [0.25, 0.3) is 0 Å². The fraction of sp³-hybridized carbons (Fsp3) is 0.571. The Kier molecular flexibility index (Phi) is 2.00. The molecule has 1 aliphatic rings. The van der Waals surface area contributed by atoms with Crippen LogP contribution in [0.2, 0.25) is 0 Å². The molecule has 0 unspecified atom stereocenters. The first-order chi connectivity index (χ1) is 6.48. The van der Waals surface area contributed by atoms with E-state index in [4.69, 9.17) is 5.73 Å². The molecule has 0 radical (unpaired) electrons. The van der Waals surface area contributed by atoms with E-state index in [1.54, 1.807) is 10.9 Å². The van der Waals surface area contributed by atoms with Crippen molar-refractivity contribution in [1.82, 2.24) is 14.1 Å². The first-order valence-corrected chi connectivity index (χ1v) is 6.08. The number of fused-ring (bicyclic) bond motifs is 1. The van der Waals surface area contributed by atoms with Crippen LogP contribution >= 0.6 is 0 Å². The maximum atomic E-state index is 11.3. The molecule has 0 fully saturated rings. The lowest BCUT2D eigenvalue weighted by atomic mass is 10.3. The Labute approximate surface area is 82.4 Å². The van der Waals surface area contributed by atoms with E-state index < -0.39 is 10.0 Å². The monoisotopic (exact) mass is 216 g/mol. The van der Waals surface area contributed by atoms with Crippen molar-refractivity contribution in [2.24, 2.45) is 0 Å². The zero-order valence-electron chi connectivity index (χ0n) is 7.84. The van der Waals surface area contributed by atoms with E-state index in [-0.39, 0.29) is 0 Å². The quantitative estimate of drug-likeness (QED) is 0.669. The normalized spacial score (nSPS) is 18.1. The molecule has 0 aliphatic carbocycles. The molecule has 0 saturated heterocycles. The first kappa shape index (κ1) is 9.47. The number of nitrogens with zero attached hydrogens (tertiary/aromatic N) is 3. The molecule has 2 heterocycles. The summed E-state index contributed by atoms with van der Waals surface area (Å²) in [5.74, 6) is 0. The molecular weight excluding hydrogens is 204 g/mol. The number of hydrogen-bond acceptors (Lipinski definition) is 4. The van der Waals surface area contributed by atoms with Crippen molar-refractivity contribution in [3.63, 3.8) is 0 Å². The van der Waals surface area contributed by atoms with Crippen LogP contribution in [0, 0.1) is 0 Å². The highest BCUT2D eigenvalue weighted by molar-refractivity contribution is 7.88. The summed E-state index contributed by atoms with van der Waals surface area (Å²) >= 11 is 0. The smallest absolute Gasteiger partial charge is 0.211 e. The number of rotatable bonds is 1. The predicted molar refractivity (Wildman–Crippen MR) is 51.9 cm³/mol. The molecule has 0 saturated carbocycles. The summed E-state index contributed by atoms with van der Waals surface area (Å²) in [7, 11) is -3.13. The molecule has 78 valence electrons. The SMILES string of the molecule is CS(=O)(=O)N1CCn2ncc(N)c2C1. The molecule has 14 heavy (non-hydrogen) atoms. The molecule has 0 aromatic carbocycles. The second kappa shape index (κ2) is 2.96. The number of nitrogen functional groups attached to an aromatic ring is 1. The molecule has 0 bridgehead atoms. The minimum Gasteiger partial charge on any atom is -0.396 e. The van der Waals surface area contributed by atoms with Crippen LogP contribution in [-0.2, 0) is 23.1 Å². The van der Waals surface area contributed by atoms with Gasteiger partial charge in [0.05, 0.1) is 36.9 Å². The molecular formula is C7H12N4O2S. The molecule has 1 aromatic heterocycles. The number of anilines is 1. The van der Waals surface area contributed by atoms with Crippen LogP contribution < -0.4 is 5.73 Å². The summed E-state index contributed by atoms with van der Waals surface area (Å²) in [6.45, 7) is 1.36. The van der Waals surface area contributed by atoms with Crippen LogP contribution in [0.4, 0.5) is 5.69 Å². The summed E-state index contributed by atoms with van der Waals surface area (Å²) in [5, 5.41) is 4.04. The van der Waals surface area contributed by atoms with Crippen LogP contribution in [0.15, 0.2) is 6.20 Å². The van der Waals surface area contributed by atoms with Gasteiger partial charge >= 0.3 is 0 Å². The van der Waals surface area contributed by atoms with Gasteiger partial charge in [-0.05, 0) is 0 Å². The van der Waals surface area contributed by atoms with Crippen LogP contribution in [0.5, 0.6) is 0 Å². The number of sulfonamides is 1. The van der Waals surface area contributed by atoms with Crippen molar-refractivity contribution < 1.29 is 8.42 Å². The Morgan fingerprint density at radius 2 is 2.21 bits per heavy atom. The van der Waals surface area contributed by atoms with Crippen LogP contribution in [0.25, 0.3) is 0 Å². The third-order valence-corrected chi connectivity index (χ3v) is 3.59. The van der Waals surface area contributed by atoms with E-state index in [9.17, 15) is 8.42 Å². The Balaban J connectivity index is 2.33. The standard InChI is InChI=1S/C7H12N4O2S/c1-14(12,13)10-2-3-11-7(5-10)6(8)4-9-11/h4H,2-3,5,8H2,1H3. The van der Waals surface area contributed by atoms with Gasteiger partial charge in [-0.1, -0.05) is 0 Å². The van der Waals surface area contributed by atoms with Crippen molar-refractivity contribution >= 4 is 15.7 Å². The molecule has 1 aliphatic heterocycles. The van der Waals surface area contributed by atoms with Crippen LogP contribution in [-0.4, -0.2) is 35.3 Å². The fourth-order valence-corrected chi connectivity index (χ4v) is 2.30. The van der Waals surface area contributed by atoms with Crippen molar-refractivity contribution in [2.75, 3.05) is 18.5 Å². The summed E-state index contributed by atoms with van der Waals surface area (Å²) in [4.78, 5) is 0. The van der Waals surface area contributed by atoms with Gasteiger partial charge in [-0.3, -0.25) is 4.68 Å². The molecule has 2 N–H and O–H groups in total. The third kappa shape index (κ3) is 1.48. The van der Waals surface area contributed by atoms with Crippen LogP contribution in [0.3, 0.4) is 0 Å². The average molecular weight is 216 g/mol. The predicted octanol–water partition coefficient (Wildman–Crippen LogP) is -0.759. The summed E-state index contributed by atoms with van der Waals surface area (Å²) in [5.41, 5.74) is 7.00. The fourth-order valence-electron chi connectivity index (χ4n) is 1.53. The van der Waals surface area contributed by atoms with Gasteiger partial charge < -0.3 is 5.73 Å². The van der Waals surface area contributed by atoms with Gasteiger partial charge in [-0.25, -0.2) is 8.42 Å². The zero-order valence-corrected chi connectivity index (χ0v) is 8.66. The molecule has 1 aromatic rings. The Bertz CT molecular complexity index is 450. The first-order valence-electron chi connectivity index (χ1n) is 4.24.